The summed E-state index contributed by atoms with van der Waals surface area (Å²) >= 11 is 0. The zero-order valence-corrected chi connectivity index (χ0v) is 11.3. The molecule has 0 aromatic rings. The highest BCUT2D eigenvalue weighted by molar-refractivity contribution is 5.67. The fourth-order valence-corrected chi connectivity index (χ4v) is 0.821. The molecule has 1 amide bonds. The minimum absolute atomic E-state index is 0.0370. The minimum atomic E-state index is -0.494. The van der Waals surface area contributed by atoms with Gasteiger partial charge in [0.2, 0.25) is 0 Å². The molecule has 96 valence electrons. The van der Waals surface area contributed by atoms with Crippen LogP contribution in [0.25, 0.3) is 0 Å². The Balaban J connectivity index is 4.02. The van der Waals surface area contributed by atoms with Crippen LogP contribution in [0.5, 0.6) is 0 Å². The highest BCUT2D eigenvalue weighted by atomic mass is 16.6. The molecular formula is C11H24N2O3. The Hall–Kier alpha value is -0.810. The number of hydrogen-bond donors (Lipinski definition) is 2. The molecule has 5 heteroatoms. The van der Waals surface area contributed by atoms with Gasteiger partial charge in [0.15, 0.2) is 0 Å². The molecule has 0 rings (SSSR count). The van der Waals surface area contributed by atoms with Crippen LogP contribution in [0.15, 0.2) is 0 Å². The summed E-state index contributed by atoms with van der Waals surface area (Å²) in [7, 11) is 1.63. The van der Waals surface area contributed by atoms with Gasteiger partial charge in [-0.15, -0.1) is 0 Å². The van der Waals surface area contributed by atoms with Crippen LogP contribution < -0.4 is 10.9 Å². The van der Waals surface area contributed by atoms with Crippen molar-refractivity contribution in [1.29, 1.82) is 0 Å². The lowest BCUT2D eigenvalue weighted by Gasteiger charge is -2.31. The zero-order chi connectivity index (χ0) is 13.0. The molecule has 2 N–H and O–H groups in total. The Bertz CT molecular complexity index is 234. The standard InChI is InChI=1S/C11H24N2O3/c1-8(11(5,6)15-7)12-13-9(14)16-10(2,3)4/h8,12H,1-7H3,(H,13,14). The van der Waals surface area contributed by atoms with Crippen molar-refractivity contribution in [2.24, 2.45) is 0 Å². The van der Waals surface area contributed by atoms with Crippen LogP contribution in [-0.4, -0.2) is 30.4 Å². The number of hydrogen-bond acceptors (Lipinski definition) is 4. The van der Waals surface area contributed by atoms with Gasteiger partial charge in [-0.1, -0.05) is 0 Å². The van der Waals surface area contributed by atoms with Crippen molar-refractivity contribution in [1.82, 2.24) is 10.9 Å². The first-order chi connectivity index (χ1) is 7.08. The van der Waals surface area contributed by atoms with Crippen LogP contribution in [0.4, 0.5) is 4.79 Å². The predicted octanol–water partition coefficient (Wildman–Crippen LogP) is 1.83. The van der Waals surface area contributed by atoms with E-state index in [1.54, 1.807) is 7.11 Å². The van der Waals surface area contributed by atoms with Gasteiger partial charge in [0.05, 0.1) is 11.6 Å². The molecule has 5 nitrogen and oxygen atoms in total. The van der Waals surface area contributed by atoms with E-state index in [-0.39, 0.29) is 11.6 Å². The minimum Gasteiger partial charge on any atom is -0.443 e. The number of nitrogens with one attached hydrogen (secondary N) is 2. The number of carbonyl (C=O) groups is 1. The van der Waals surface area contributed by atoms with Gasteiger partial charge in [0.1, 0.15) is 5.60 Å². The van der Waals surface area contributed by atoms with Gasteiger partial charge < -0.3 is 9.47 Å². The highest BCUT2D eigenvalue weighted by Gasteiger charge is 2.26. The molecule has 0 saturated heterocycles. The summed E-state index contributed by atoms with van der Waals surface area (Å²) in [6.07, 6.45) is -0.494. The average Bonchev–Trinajstić information content (AvgIpc) is 2.11. The highest BCUT2D eigenvalue weighted by Crippen LogP contribution is 2.12. The van der Waals surface area contributed by atoms with Crippen LogP contribution in [0.3, 0.4) is 0 Å². The molecule has 0 radical (unpaired) electrons. The number of carbonyl (C=O) groups excluding carboxylic acids is 1. The first kappa shape index (κ1) is 15.2. The van der Waals surface area contributed by atoms with Gasteiger partial charge in [-0.2, -0.15) is 0 Å². The molecule has 0 aliphatic heterocycles. The second-order valence-electron chi connectivity index (χ2n) is 5.30. The summed E-state index contributed by atoms with van der Waals surface area (Å²) in [6.45, 7) is 11.2. The van der Waals surface area contributed by atoms with Crippen molar-refractivity contribution in [3.05, 3.63) is 0 Å². The fraction of sp³-hybridized carbons (Fsp3) is 0.909. The van der Waals surface area contributed by atoms with Gasteiger partial charge in [-0.3, -0.25) is 5.43 Å². The zero-order valence-electron chi connectivity index (χ0n) is 11.3. The smallest absolute Gasteiger partial charge is 0.422 e. The molecule has 0 bridgehead atoms. The Kier molecular flexibility index (Phi) is 5.22. The SMILES string of the molecule is COC(C)(C)C(C)NNC(=O)OC(C)(C)C. The van der Waals surface area contributed by atoms with Gasteiger partial charge in [0.25, 0.3) is 0 Å². The first-order valence-corrected chi connectivity index (χ1v) is 5.38. The van der Waals surface area contributed by atoms with Crippen LogP contribution >= 0.6 is 0 Å². The number of amides is 1. The fourth-order valence-electron chi connectivity index (χ4n) is 0.821. The third-order valence-electron chi connectivity index (χ3n) is 2.36. The summed E-state index contributed by atoms with van der Waals surface area (Å²) in [5.41, 5.74) is 4.47. The first-order valence-electron chi connectivity index (χ1n) is 5.38. The van der Waals surface area contributed by atoms with E-state index >= 15 is 0 Å². The lowest BCUT2D eigenvalue weighted by Crippen LogP contribution is -2.53. The van der Waals surface area contributed by atoms with E-state index in [0.717, 1.165) is 0 Å². The van der Waals surface area contributed by atoms with E-state index in [4.69, 9.17) is 9.47 Å². The van der Waals surface area contributed by atoms with Crippen LogP contribution in [0, 0.1) is 0 Å². The molecule has 1 atom stereocenters. The van der Waals surface area contributed by atoms with Crippen molar-refractivity contribution in [3.8, 4) is 0 Å². The van der Waals surface area contributed by atoms with Gasteiger partial charge in [-0.25, -0.2) is 10.2 Å². The molecule has 0 aliphatic carbocycles. The topological polar surface area (TPSA) is 59.6 Å². The van der Waals surface area contributed by atoms with Crippen molar-refractivity contribution in [2.75, 3.05) is 7.11 Å². The molecule has 16 heavy (non-hydrogen) atoms. The molecule has 0 fully saturated rings. The lowest BCUT2D eigenvalue weighted by molar-refractivity contribution is -0.0111. The molecule has 0 aliphatic rings. The third-order valence-corrected chi connectivity index (χ3v) is 2.36. The van der Waals surface area contributed by atoms with Gasteiger partial charge in [-0.05, 0) is 41.5 Å². The van der Waals surface area contributed by atoms with E-state index < -0.39 is 11.7 Å². The monoisotopic (exact) mass is 232 g/mol. The Morgan fingerprint density at radius 2 is 1.69 bits per heavy atom. The second-order valence-corrected chi connectivity index (χ2v) is 5.30. The Morgan fingerprint density at radius 1 is 1.19 bits per heavy atom. The maximum absolute atomic E-state index is 11.3. The maximum Gasteiger partial charge on any atom is 0.422 e. The lowest BCUT2D eigenvalue weighted by atomic mass is 10.0. The predicted molar refractivity (Wildman–Crippen MR) is 63.1 cm³/mol. The summed E-state index contributed by atoms with van der Waals surface area (Å²) in [5.74, 6) is 0. The third kappa shape index (κ3) is 5.92. The van der Waals surface area contributed by atoms with Crippen molar-refractivity contribution >= 4 is 6.09 Å². The second kappa shape index (κ2) is 5.50. The summed E-state index contributed by atoms with van der Waals surface area (Å²) in [6, 6.07) is -0.0370. The van der Waals surface area contributed by atoms with Gasteiger partial charge in [0, 0.05) is 7.11 Å². The van der Waals surface area contributed by atoms with E-state index in [9.17, 15) is 4.79 Å². The summed E-state index contributed by atoms with van der Waals surface area (Å²) in [4.78, 5) is 11.3. The molecule has 1 unspecified atom stereocenters. The average molecular weight is 232 g/mol. The summed E-state index contributed by atoms with van der Waals surface area (Å²) in [5, 5.41) is 0. The Morgan fingerprint density at radius 3 is 2.06 bits per heavy atom. The van der Waals surface area contributed by atoms with Crippen LogP contribution in [-0.2, 0) is 9.47 Å². The summed E-state index contributed by atoms with van der Waals surface area (Å²) < 4.78 is 10.4. The van der Waals surface area contributed by atoms with Gasteiger partial charge >= 0.3 is 6.09 Å². The van der Waals surface area contributed by atoms with Crippen molar-refractivity contribution in [2.45, 2.75) is 58.8 Å². The van der Waals surface area contributed by atoms with Crippen molar-refractivity contribution in [3.63, 3.8) is 0 Å². The largest absolute Gasteiger partial charge is 0.443 e. The Labute approximate surface area is 97.8 Å². The number of ether oxygens (including phenoxy) is 2. The normalized spacial score (nSPS) is 14.4. The molecule has 0 spiro atoms. The molecular weight excluding hydrogens is 208 g/mol. The van der Waals surface area contributed by atoms with Crippen LogP contribution in [0.1, 0.15) is 41.5 Å². The molecule has 0 aromatic heterocycles. The van der Waals surface area contributed by atoms with E-state index in [0.29, 0.717) is 0 Å². The maximum atomic E-state index is 11.3. The van der Waals surface area contributed by atoms with E-state index in [1.807, 2.05) is 41.5 Å². The molecule has 0 aromatic carbocycles. The molecule has 0 heterocycles. The quantitative estimate of drug-likeness (QED) is 0.726. The van der Waals surface area contributed by atoms with E-state index in [1.165, 1.54) is 0 Å². The van der Waals surface area contributed by atoms with Crippen LogP contribution in [0.2, 0.25) is 0 Å². The van der Waals surface area contributed by atoms with Crippen molar-refractivity contribution < 1.29 is 14.3 Å². The van der Waals surface area contributed by atoms with E-state index in [2.05, 4.69) is 10.9 Å². The number of methoxy groups -OCH3 is 1. The number of hydrazine groups is 1. The number of rotatable bonds is 4. The molecule has 0 saturated carbocycles.